The molecule has 20 heavy (non-hydrogen) atoms. The van der Waals surface area contributed by atoms with Gasteiger partial charge in [-0.25, -0.2) is 4.98 Å². The van der Waals surface area contributed by atoms with Crippen molar-refractivity contribution in [3.63, 3.8) is 0 Å². The number of aromatic amines is 1. The van der Waals surface area contributed by atoms with E-state index < -0.39 is 0 Å². The average Bonchev–Trinajstić information content (AvgIpc) is 2.89. The van der Waals surface area contributed by atoms with Crippen LogP contribution in [0.2, 0.25) is 0 Å². The highest BCUT2D eigenvalue weighted by atomic mass is 35.5. The lowest BCUT2D eigenvalue weighted by Gasteiger charge is -1.99. The van der Waals surface area contributed by atoms with Crippen LogP contribution in [0.25, 0.3) is 22.8 Å². The molecule has 0 saturated heterocycles. The van der Waals surface area contributed by atoms with Crippen molar-refractivity contribution < 1.29 is 5.11 Å². The minimum atomic E-state index is 0. The summed E-state index contributed by atoms with van der Waals surface area (Å²) in [5, 5.41) is 16.4. The fourth-order valence-electron chi connectivity index (χ4n) is 1.96. The molecule has 1 aromatic heterocycles. The molecule has 3 aromatic rings. The lowest BCUT2D eigenvalue weighted by molar-refractivity contribution is 0.475. The van der Waals surface area contributed by atoms with Crippen molar-refractivity contribution in [1.82, 2.24) is 15.2 Å². The molecule has 2 N–H and O–H groups in total. The number of halogens is 1. The number of benzene rings is 2. The Labute approximate surface area is 122 Å². The Morgan fingerprint density at radius 3 is 2.40 bits per heavy atom. The van der Waals surface area contributed by atoms with Crippen molar-refractivity contribution >= 4 is 12.4 Å². The van der Waals surface area contributed by atoms with E-state index in [2.05, 4.69) is 15.2 Å². The number of phenols is 1. The largest absolute Gasteiger partial charge is 0.508 e. The van der Waals surface area contributed by atoms with Gasteiger partial charge in [-0.3, -0.25) is 5.10 Å². The number of hydrogen-bond acceptors (Lipinski definition) is 3. The van der Waals surface area contributed by atoms with Crippen LogP contribution in [0.15, 0.2) is 48.5 Å². The lowest BCUT2D eigenvalue weighted by Crippen LogP contribution is -1.84. The van der Waals surface area contributed by atoms with Crippen LogP contribution in [-0.4, -0.2) is 20.3 Å². The maximum absolute atomic E-state index is 9.27. The summed E-state index contributed by atoms with van der Waals surface area (Å²) >= 11 is 0. The van der Waals surface area contributed by atoms with Crippen LogP contribution in [0.3, 0.4) is 0 Å². The molecular weight excluding hydrogens is 274 g/mol. The number of aryl methyl sites for hydroxylation is 1. The van der Waals surface area contributed by atoms with Crippen molar-refractivity contribution in [1.29, 1.82) is 0 Å². The number of aromatic nitrogens is 3. The molecule has 5 heteroatoms. The van der Waals surface area contributed by atoms with Gasteiger partial charge in [0.15, 0.2) is 11.6 Å². The predicted octanol–water partition coefficient (Wildman–Crippen LogP) is 3.57. The lowest BCUT2D eigenvalue weighted by atomic mass is 10.1. The fourth-order valence-corrected chi connectivity index (χ4v) is 1.96. The first-order valence-electron chi connectivity index (χ1n) is 6.02. The van der Waals surface area contributed by atoms with Crippen molar-refractivity contribution in [3.05, 3.63) is 54.1 Å². The van der Waals surface area contributed by atoms with Crippen LogP contribution < -0.4 is 0 Å². The number of nitrogens with zero attached hydrogens (tertiary/aromatic N) is 2. The Morgan fingerprint density at radius 2 is 1.70 bits per heavy atom. The zero-order valence-electron chi connectivity index (χ0n) is 10.9. The molecule has 0 aliphatic rings. The maximum Gasteiger partial charge on any atom is 0.181 e. The van der Waals surface area contributed by atoms with Gasteiger partial charge in [0.05, 0.1) is 0 Å². The quantitative estimate of drug-likeness (QED) is 0.757. The number of phenolic OH excluding ortho intramolecular Hbond substituents is 1. The van der Waals surface area contributed by atoms with Crippen LogP contribution >= 0.6 is 12.4 Å². The highest BCUT2D eigenvalue weighted by Gasteiger charge is 2.09. The highest BCUT2D eigenvalue weighted by molar-refractivity contribution is 5.85. The maximum atomic E-state index is 9.27. The predicted molar refractivity (Wildman–Crippen MR) is 80.9 cm³/mol. The Balaban J connectivity index is 0.00000147. The van der Waals surface area contributed by atoms with Gasteiger partial charge in [0.2, 0.25) is 0 Å². The van der Waals surface area contributed by atoms with E-state index in [9.17, 15) is 5.11 Å². The second-order valence-electron chi connectivity index (χ2n) is 4.37. The zero-order chi connectivity index (χ0) is 13.2. The summed E-state index contributed by atoms with van der Waals surface area (Å²) in [7, 11) is 0. The standard InChI is InChI=1S/C15H13N3O.ClH/c1-10-4-2-3-5-13(10)15-16-14(17-18-15)11-6-8-12(19)9-7-11;/h2-9,19H,1H3,(H,16,17,18);1H. The third-order valence-corrected chi connectivity index (χ3v) is 3.01. The molecule has 0 amide bonds. The third-order valence-electron chi connectivity index (χ3n) is 3.01. The molecule has 0 bridgehead atoms. The number of aromatic hydroxyl groups is 1. The van der Waals surface area contributed by atoms with Crippen molar-refractivity contribution in [3.8, 4) is 28.5 Å². The normalized spacial score (nSPS) is 10.1. The van der Waals surface area contributed by atoms with Crippen LogP contribution in [0.4, 0.5) is 0 Å². The van der Waals surface area contributed by atoms with Crippen molar-refractivity contribution in [2.45, 2.75) is 6.92 Å². The smallest absolute Gasteiger partial charge is 0.181 e. The van der Waals surface area contributed by atoms with E-state index in [4.69, 9.17) is 0 Å². The molecule has 0 spiro atoms. The third kappa shape index (κ3) is 2.65. The highest BCUT2D eigenvalue weighted by Crippen LogP contribution is 2.23. The van der Waals surface area contributed by atoms with Gasteiger partial charge in [-0.2, -0.15) is 5.10 Å². The van der Waals surface area contributed by atoms with E-state index in [0.717, 1.165) is 22.5 Å². The molecule has 0 radical (unpaired) electrons. The van der Waals surface area contributed by atoms with Gasteiger partial charge in [-0.1, -0.05) is 24.3 Å². The Kier molecular flexibility index (Phi) is 4.05. The monoisotopic (exact) mass is 287 g/mol. The van der Waals surface area contributed by atoms with Gasteiger partial charge >= 0.3 is 0 Å². The minimum absolute atomic E-state index is 0. The number of H-pyrrole nitrogens is 1. The summed E-state index contributed by atoms with van der Waals surface area (Å²) in [5.74, 6) is 1.61. The number of nitrogens with one attached hydrogen (secondary N) is 1. The number of hydrogen-bond donors (Lipinski definition) is 2. The first kappa shape index (κ1) is 14.1. The van der Waals surface area contributed by atoms with Gasteiger partial charge in [-0.15, -0.1) is 12.4 Å². The Hall–Kier alpha value is -2.33. The second kappa shape index (κ2) is 5.75. The zero-order valence-corrected chi connectivity index (χ0v) is 11.7. The molecule has 1 heterocycles. The summed E-state index contributed by atoms with van der Waals surface area (Å²) in [5.41, 5.74) is 3.06. The first-order chi connectivity index (χ1) is 9.24. The summed E-state index contributed by atoms with van der Waals surface area (Å²) in [4.78, 5) is 4.49. The van der Waals surface area contributed by atoms with Gasteiger partial charge in [-0.05, 0) is 36.8 Å². The van der Waals surface area contributed by atoms with Gasteiger partial charge in [0, 0.05) is 11.1 Å². The van der Waals surface area contributed by atoms with E-state index in [-0.39, 0.29) is 18.2 Å². The van der Waals surface area contributed by atoms with E-state index in [0.29, 0.717) is 5.82 Å². The van der Waals surface area contributed by atoms with Crippen molar-refractivity contribution in [2.75, 3.05) is 0 Å². The number of rotatable bonds is 2. The van der Waals surface area contributed by atoms with Gasteiger partial charge in [0.1, 0.15) is 5.75 Å². The van der Waals surface area contributed by atoms with E-state index in [1.165, 1.54) is 0 Å². The van der Waals surface area contributed by atoms with E-state index in [1.807, 2.05) is 31.2 Å². The molecule has 4 nitrogen and oxygen atoms in total. The molecular formula is C15H14ClN3O. The Morgan fingerprint density at radius 1 is 1.00 bits per heavy atom. The molecule has 0 aliphatic carbocycles. The topological polar surface area (TPSA) is 61.8 Å². The SMILES string of the molecule is Cc1ccccc1-c1nc(-c2ccc(O)cc2)n[nH]1.Cl. The summed E-state index contributed by atoms with van der Waals surface area (Å²) in [6.45, 7) is 2.04. The van der Waals surface area contributed by atoms with Crippen molar-refractivity contribution in [2.24, 2.45) is 0 Å². The molecule has 0 fully saturated rings. The molecule has 0 atom stereocenters. The van der Waals surface area contributed by atoms with Gasteiger partial charge < -0.3 is 5.11 Å². The molecule has 2 aromatic carbocycles. The first-order valence-corrected chi connectivity index (χ1v) is 6.02. The van der Waals surface area contributed by atoms with Crippen LogP contribution in [0.5, 0.6) is 5.75 Å². The summed E-state index contributed by atoms with van der Waals surface area (Å²) in [6, 6.07) is 14.9. The molecule has 0 saturated carbocycles. The molecule has 0 unspecified atom stereocenters. The molecule has 3 rings (SSSR count). The second-order valence-corrected chi connectivity index (χ2v) is 4.37. The van der Waals surface area contributed by atoms with Gasteiger partial charge in [0.25, 0.3) is 0 Å². The Bertz CT molecular complexity index is 707. The van der Waals surface area contributed by atoms with Crippen LogP contribution in [0, 0.1) is 6.92 Å². The minimum Gasteiger partial charge on any atom is -0.508 e. The molecule has 0 aliphatic heterocycles. The molecule has 102 valence electrons. The van der Waals surface area contributed by atoms with E-state index >= 15 is 0 Å². The van der Waals surface area contributed by atoms with Crippen LogP contribution in [-0.2, 0) is 0 Å². The fraction of sp³-hybridized carbons (Fsp3) is 0.0667. The summed E-state index contributed by atoms with van der Waals surface area (Å²) < 4.78 is 0. The van der Waals surface area contributed by atoms with Crippen LogP contribution in [0.1, 0.15) is 5.56 Å². The average molecular weight is 288 g/mol. The van der Waals surface area contributed by atoms with E-state index in [1.54, 1.807) is 24.3 Å². The summed E-state index contributed by atoms with van der Waals surface area (Å²) in [6.07, 6.45) is 0.